The van der Waals surface area contributed by atoms with Gasteiger partial charge < -0.3 is 9.05 Å². The zero-order valence-corrected chi connectivity index (χ0v) is 12.6. The van der Waals surface area contributed by atoms with Crippen LogP contribution in [0.2, 0.25) is 0 Å². The van der Waals surface area contributed by atoms with E-state index in [-0.39, 0.29) is 0 Å². The van der Waals surface area contributed by atoms with Crippen molar-refractivity contribution in [1.29, 1.82) is 0 Å². The van der Waals surface area contributed by atoms with E-state index >= 15 is 0 Å². The maximum absolute atomic E-state index is 12.6. The molecule has 0 radical (unpaired) electrons. The maximum atomic E-state index is 12.6. The minimum Gasteiger partial charge on any atom is -0.308 e. The quantitative estimate of drug-likeness (QED) is 0.360. The van der Waals surface area contributed by atoms with Crippen LogP contribution in [0.3, 0.4) is 0 Å². The Morgan fingerprint density at radius 1 is 1.18 bits per heavy atom. The van der Waals surface area contributed by atoms with E-state index in [4.69, 9.17) is 9.05 Å². The van der Waals surface area contributed by atoms with Gasteiger partial charge in [0.25, 0.3) is 0 Å². The molecule has 0 bridgehead atoms. The van der Waals surface area contributed by atoms with Gasteiger partial charge in [-0.05, 0) is 34.1 Å². The summed E-state index contributed by atoms with van der Waals surface area (Å²) in [4.78, 5) is 4.31. The van der Waals surface area contributed by atoms with Gasteiger partial charge in [-0.1, -0.05) is 13.3 Å². The third-order valence-electron chi connectivity index (χ3n) is 2.35. The summed E-state index contributed by atoms with van der Waals surface area (Å²) >= 11 is 0. The molecular weight excluding hydrogens is 237 g/mol. The van der Waals surface area contributed by atoms with E-state index in [1.807, 2.05) is 27.7 Å². The Kier molecular flexibility index (Phi) is 7.93. The van der Waals surface area contributed by atoms with Crippen LogP contribution in [0.15, 0.2) is 4.99 Å². The van der Waals surface area contributed by atoms with E-state index in [0.717, 1.165) is 19.4 Å². The molecular formula is C12H26NO3P. The lowest BCUT2D eigenvalue weighted by molar-refractivity contribution is 0.210. The molecule has 0 atom stereocenters. The van der Waals surface area contributed by atoms with Crippen LogP contribution >= 0.6 is 7.60 Å². The van der Waals surface area contributed by atoms with E-state index in [9.17, 15) is 4.57 Å². The van der Waals surface area contributed by atoms with E-state index in [0.29, 0.717) is 13.2 Å². The molecule has 0 aliphatic carbocycles. The molecule has 0 aromatic carbocycles. The van der Waals surface area contributed by atoms with Crippen molar-refractivity contribution in [2.24, 2.45) is 4.99 Å². The molecule has 0 amide bonds. The second-order valence-corrected chi connectivity index (χ2v) is 7.04. The second kappa shape index (κ2) is 8.02. The van der Waals surface area contributed by atoms with Gasteiger partial charge in [-0.25, -0.2) is 0 Å². The van der Waals surface area contributed by atoms with Crippen molar-refractivity contribution in [2.75, 3.05) is 19.8 Å². The van der Waals surface area contributed by atoms with Crippen LogP contribution in [-0.2, 0) is 13.6 Å². The van der Waals surface area contributed by atoms with Crippen LogP contribution in [0.25, 0.3) is 0 Å². The SMILES string of the molecule is CCCCN=CC(C)(C)P(=O)(OCC)OCC. The number of hydrogen-bond donors (Lipinski definition) is 0. The first-order valence-electron chi connectivity index (χ1n) is 6.33. The third-order valence-corrected chi connectivity index (χ3v) is 5.08. The largest absolute Gasteiger partial charge is 0.341 e. The topological polar surface area (TPSA) is 47.9 Å². The highest BCUT2D eigenvalue weighted by Crippen LogP contribution is 2.58. The lowest BCUT2D eigenvalue weighted by Crippen LogP contribution is -2.25. The smallest absolute Gasteiger partial charge is 0.308 e. The molecule has 0 aromatic rings. The Bertz CT molecular complexity index is 267. The summed E-state index contributed by atoms with van der Waals surface area (Å²) in [5.74, 6) is 0. The fourth-order valence-corrected chi connectivity index (χ4v) is 2.96. The van der Waals surface area contributed by atoms with Gasteiger partial charge in [0.1, 0.15) is 5.16 Å². The molecule has 0 fully saturated rings. The van der Waals surface area contributed by atoms with Crippen molar-refractivity contribution < 1.29 is 13.6 Å². The molecule has 0 saturated heterocycles. The third kappa shape index (κ3) is 5.33. The molecule has 0 saturated carbocycles. The fourth-order valence-electron chi connectivity index (χ4n) is 1.32. The first-order valence-corrected chi connectivity index (χ1v) is 7.88. The first-order chi connectivity index (χ1) is 7.93. The Balaban J connectivity index is 4.70. The fraction of sp³-hybridized carbons (Fsp3) is 0.917. The highest BCUT2D eigenvalue weighted by atomic mass is 31.2. The van der Waals surface area contributed by atoms with Crippen molar-refractivity contribution in [1.82, 2.24) is 0 Å². The number of nitrogens with zero attached hydrogens (tertiary/aromatic N) is 1. The standard InChI is InChI=1S/C12H26NO3P/c1-6-9-10-13-11-12(4,5)17(14,15-7-2)16-8-3/h11H,6-10H2,1-5H3. The zero-order chi connectivity index (χ0) is 13.4. The lowest BCUT2D eigenvalue weighted by atomic mass is 10.2. The van der Waals surface area contributed by atoms with Crippen LogP contribution in [0, 0.1) is 0 Å². The monoisotopic (exact) mass is 263 g/mol. The molecule has 5 heteroatoms. The van der Waals surface area contributed by atoms with Crippen LogP contribution in [0.5, 0.6) is 0 Å². The highest BCUT2D eigenvalue weighted by Gasteiger charge is 2.41. The van der Waals surface area contributed by atoms with Gasteiger partial charge in [-0.2, -0.15) is 0 Å². The van der Waals surface area contributed by atoms with Crippen LogP contribution in [-0.4, -0.2) is 31.1 Å². The minimum absolute atomic E-state index is 0.378. The van der Waals surface area contributed by atoms with Crippen molar-refractivity contribution in [3.05, 3.63) is 0 Å². The molecule has 17 heavy (non-hydrogen) atoms. The average Bonchev–Trinajstić information content (AvgIpc) is 2.25. The molecule has 4 nitrogen and oxygen atoms in total. The van der Waals surface area contributed by atoms with Gasteiger partial charge in [0.15, 0.2) is 0 Å². The number of unbranched alkanes of at least 4 members (excludes halogenated alkanes) is 1. The lowest BCUT2D eigenvalue weighted by Gasteiger charge is -2.29. The maximum Gasteiger partial charge on any atom is 0.341 e. The van der Waals surface area contributed by atoms with Crippen molar-refractivity contribution >= 4 is 13.8 Å². The van der Waals surface area contributed by atoms with Gasteiger partial charge in [0, 0.05) is 12.8 Å². The minimum atomic E-state index is -3.12. The molecule has 102 valence electrons. The van der Waals surface area contributed by atoms with Crippen LogP contribution < -0.4 is 0 Å². The predicted molar refractivity (Wildman–Crippen MR) is 73.2 cm³/mol. The summed E-state index contributed by atoms with van der Waals surface area (Å²) in [5, 5.41) is -0.674. The molecule has 0 heterocycles. The summed E-state index contributed by atoms with van der Waals surface area (Å²) < 4.78 is 23.2. The molecule has 0 aromatic heterocycles. The van der Waals surface area contributed by atoms with E-state index < -0.39 is 12.8 Å². The average molecular weight is 263 g/mol. The molecule has 0 N–H and O–H groups in total. The number of hydrogen-bond acceptors (Lipinski definition) is 4. The summed E-state index contributed by atoms with van der Waals surface area (Å²) in [7, 11) is -3.12. The number of rotatable bonds is 9. The normalized spacial score (nSPS) is 13.5. The molecule has 0 unspecified atom stereocenters. The Labute approximate surface area is 105 Å². The summed E-state index contributed by atoms with van der Waals surface area (Å²) in [6.07, 6.45) is 3.86. The molecule has 0 aliphatic rings. The Hall–Kier alpha value is -0.180. The summed E-state index contributed by atoms with van der Waals surface area (Å²) in [5.41, 5.74) is 0. The van der Waals surface area contributed by atoms with Gasteiger partial charge in [0.2, 0.25) is 0 Å². The van der Waals surface area contributed by atoms with Crippen molar-refractivity contribution in [3.8, 4) is 0 Å². The van der Waals surface area contributed by atoms with Gasteiger partial charge in [-0.15, -0.1) is 0 Å². The zero-order valence-electron chi connectivity index (χ0n) is 11.7. The Morgan fingerprint density at radius 3 is 2.12 bits per heavy atom. The first kappa shape index (κ1) is 16.8. The molecule has 0 rings (SSSR count). The van der Waals surface area contributed by atoms with E-state index in [1.54, 1.807) is 6.21 Å². The molecule has 0 aliphatic heterocycles. The Morgan fingerprint density at radius 2 is 1.71 bits per heavy atom. The van der Waals surface area contributed by atoms with Gasteiger partial charge in [-0.3, -0.25) is 9.56 Å². The van der Waals surface area contributed by atoms with E-state index in [1.165, 1.54) is 0 Å². The van der Waals surface area contributed by atoms with Gasteiger partial charge >= 0.3 is 7.60 Å². The number of aliphatic imine (C=N–C) groups is 1. The van der Waals surface area contributed by atoms with Crippen molar-refractivity contribution in [3.63, 3.8) is 0 Å². The second-order valence-electron chi connectivity index (χ2n) is 4.38. The van der Waals surface area contributed by atoms with Crippen molar-refractivity contribution in [2.45, 2.75) is 52.6 Å². The predicted octanol–water partition coefficient (Wildman–Crippen LogP) is 3.90. The summed E-state index contributed by atoms with van der Waals surface area (Å²) in [6, 6.07) is 0. The van der Waals surface area contributed by atoms with E-state index in [2.05, 4.69) is 11.9 Å². The van der Waals surface area contributed by atoms with Crippen LogP contribution in [0.1, 0.15) is 47.5 Å². The van der Waals surface area contributed by atoms with Gasteiger partial charge in [0.05, 0.1) is 13.2 Å². The molecule has 0 spiro atoms. The van der Waals surface area contributed by atoms with Crippen LogP contribution in [0.4, 0.5) is 0 Å². The summed E-state index contributed by atoms with van der Waals surface area (Å²) in [6.45, 7) is 11.0. The highest BCUT2D eigenvalue weighted by molar-refractivity contribution is 7.56.